The maximum atomic E-state index is 5.18. The summed E-state index contributed by atoms with van der Waals surface area (Å²) in [6.07, 6.45) is 2.00. The van der Waals surface area contributed by atoms with E-state index in [0.29, 0.717) is 17.5 Å². The summed E-state index contributed by atoms with van der Waals surface area (Å²) in [5.41, 5.74) is 15.5. The first-order chi connectivity index (χ1) is 28.5. The second-order valence-electron chi connectivity index (χ2n) is 15.5. The summed E-state index contributed by atoms with van der Waals surface area (Å²) >= 11 is 0. The SMILES string of the molecule is CC1(C)c2ccccc2-c2ccc(-c3nc(-c4ccccc4)nc(-c4ccc(-c5c(-c6ccccc6)n6ncc(-c7ccccc7)c6c6ccccc56)cc4)n3)cc21. The van der Waals surface area contributed by atoms with E-state index in [-0.39, 0.29) is 5.41 Å². The minimum Gasteiger partial charge on any atom is -0.231 e. The van der Waals surface area contributed by atoms with Gasteiger partial charge in [-0.05, 0) is 44.8 Å². The lowest BCUT2D eigenvalue weighted by Gasteiger charge is -2.21. The van der Waals surface area contributed by atoms with Gasteiger partial charge >= 0.3 is 0 Å². The molecule has 11 rings (SSSR count). The number of nitrogens with zero attached hydrogens (tertiary/aromatic N) is 5. The van der Waals surface area contributed by atoms with Crippen LogP contribution in [0.3, 0.4) is 0 Å². The molecule has 0 bridgehead atoms. The Hall–Kier alpha value is -7.50. The van der Waals surface area contributed by atoms with Crippen molar-refractivity contribution in [2.24, 2.45) is 0 Å². The molecular weight excluding hydrogens is 707 g/mol. The van der Waals surface area contributed by atoms with Crippen molar-refractivity contribution in [3.8, 4) is 78.8 Å². The molecule has 1 aliphatic carbocycles. The van der Waals surface area contributed by atoms with Crippen LogP contribution in [0.5, 0.6) is 0 Å². The van der Waals surface area contributed by atoms with Gasteiger partial charge in [-0.1, -0.05) is 190 Å². The topological polar surface area (TPSA) is 56.0 Å². The summed E-state index contributed by atoms with van der Waals surface area (Å²) in [5, 5.41) is 7.39. The predicted octanol–water partition coefficient (Wildman–Crippen LogP) is 13.0. The van der Waals surface area contributed by atoms with E-state index in [2.05, 4.69) is 182 Å². The van der Waals surface area contributed by atoms with E-state index in [4.69, 9.17) is 20.1 Å². The first-order valence-electron chi connectivity index (χ1n) is 19.7. The van der Waals surface area contributed by atoms with Crippen LogP contribution in [0.25, 0.3) is 95.1 Å². The Morgan fingerprint density at radius 2 is 0.897 bits per heavy atom. The Balaban J connectivity index is 1.07. The fraction of sp³-hybridized carbons (Fsp3) is 0.0566. The van der Waals surface area contributed by atoms with Gasteiger partial charge in [-0.2, -0.15) is 5.10 Å². The molecule has 5 heteroatoms. The molecule has 0 unspecified atom stereocenters. The first-order valence-corrected chi connectivity index (χ1v) is 19.7. The van der Waals surface area contributed by atoms with Gasteiger partial charge in [0, 0.05) is 44.2 Å². The van der Waals surface area contributed by atoms with Crippen LogP contribution in [0, 0.1) is 0 Å². The molecule has 0 radical (unpaired) electrons. The summed E-state index contributed by atoms with van der Waals surface area (Å²) in [4.78, 5) is 15.3. The zero-order valence-electron chi connectivity index (χ0n) is 32.1. The molecule has 58 heavy (non-hydrogen) atoms. The highest BCUT2D eigenvalue weighted by Gasteiger charge is 2.35. The van der Waals surface area contributed by atoms with Crippen molar-refractivity contribution in [1.29, 1.82) is 0 Å². The number of benzene rings is 7. The van der Waals surface area contributed by atoms with Crippen molar-refractivity contribution in [3.63, 3.8) is 0 Å². The van der Waals surface area contributed by atoms with E-state index in [1.807, 2.05) is 24.4 Å². The lowest BCUT2D eigenvalue weighted by molar-refractivity contribution is 0.660. The maximum Gasteiger partial charge on any atom is 0.164 e. The molecule has 0 amide bonds. The van der Waals surface area contributed by atoms with Crippen LogP contribution in [0.1, 0.15) is 25.0 Å². The Morgan fingerprint density at radius 3 is 1.59 bits per heavy atom. The number of hydrogen-bond donors (Lipinski definition) is 0. The molecule has 0 saturated heterocycles. The van der Waals surface area contributed by atoms with Crippen LogP contribution in [-0.2, 0) is 5.41 Å². The van der Waals surface area contributed by atoms with E-state index in [0.717, 1.165) is 66.5 Å². The van der Waals surface area contributed by atoms with Crippen molar-refractivity contribution in [1.82, 2.24) is 24.6 Å². The second kappa shape index (κ2) is 13.3. The summed E-state index contributed by atoms with van der Waals surface area (Å²) in [6, 6.07) is 64.0. The summed E-state index contributed by atoms with van der Waals surface area (Å²) in [6.45, 7) is 4.60. The molecule has 0 aliphatic heterocycles. The Morgan fingerprint density at radius 1 is 0.397 bits per heavy atom. The second-order valence-corrected chi connectivity index (χ2v) is 15.5. The molecule has 0 saturated carbocycles. The van der Waals surface area contributed by atoms with E-state index in [1.165, 1.54) is 22.3 Å². The highest BCUT2D eigenvalue weighted by atomic mass is 15.2. The third kappa shape index (κ3) is 5.39. The van der Waals surface area contributed by atoms with Crippen LogP contribution in [0.2, 0.25) is 0 Å². The van der Waals surface area contributed by atoms with Gasteiger partial charge in [0.15, 0.2) is 17.5 Å². The first kappa shape index (κ1) is 33.8. The van der Waals surface area contributed by atoms with Crippen molar-refractivity contribution >= 4 is 16.3 Å². The quantitative estimate of drug-likeness (QED) is 0.170. The highest BCUT2D eigenvalue weighted by molar-refractivity contribution is 6.13. The normalized spacial score (nSPS) is 12.8. The van der Waals surface area contributed by atoms with Gasteiger partial charge in [0.25, 0.3) is 0 Å². The molecule has 3 heterocycles. The third-order valence-electron chi connectivity index (χ3n) is 11.7. The Labute approximate surface area is 337 Å². The molecule has 0 atom stereocenters. The monoisotopic (exact) mass is 743 g/mol. The molecule has 0 spiro atoms. The maximum absolute atomic E-state index is 5.18. The molecule has 5 nitrogen and oxygen atoms in total. The lowest BCUT2D eigenvalue weighted by atomic mass is 9.82. The van der Waals surface area contributed by atoms with Crippen LogP contribution >= 0.6 is 0 Å². The number of fused-ring (bicyclic) bond motifs is 6. The van der Waals surface area contributed by atoms with E-state index in [9.17, 15) is 0 Å². The number of aromatic nitrogens is 5. The summed E-state index contributed by atoms with van der Waals surface area (Å²) in [7, 11) is 0. The minimum absolute atomic E-state index is 0.138. The third-order valence-corrected chi connectivity index (χ3v) is 11.7. The number of pyridine rings is 1. The largest absolute Gasteiger partial charge is 0.231 e. The lowest BCUT2D eigenvalue weighted by Crippen LogP contribution is -2.15. The van der Waals surface area contributed by atoms with Crippen molar-refractivity contribution in [3.05, 3.63) is 199 Å². The van der Waals surface area contributed by atoms with Crippen molar-refractivity contribution < 1.29 is 0 Å². The molecule has 1 aliphatic rings. The number of hydrogen-bond acceptors (Lipinski definition) is 4. The van der Waals surface area contributed by atoms with E-state index < -0.39 is 0 Å². The zero-order valence-corrected chi connectivity index (χ0v) is 32.1. The van der Waals surface area contributed by atoms with Gasteiger partial charge in [-0.3, -0.25) is 0 Å². The summed E-state index contributed by atoms with van der Waals surface area (Å²) in [5.74, 6) is 1.92. The minimum atomic E-state index is -0.138. The average Bonchev–Trinajstić information content (AvgIpc) is 3.83. The molecular formula is C53H37N5. The van der Waals surface area contributed by atoms with Gasteiger partial charge in [0.2, 0.25) is 0 Å². The molecule has 0 fully saturated rings. The zero-order chi connectivity index (χ0) is 38.8. The standard InChI is InChI=1S/C53H37N5/c1-53(2)45-25-15-14-22-40(45)41-31-30-39(32-46(41)53)52-56-50(37-20-10-5-11-21-37)55-51(57-52)38-28-26-35(27-29-38)47-42-23-12-13-24-43(42)49-44(34-16-6-3-7-17-34)33-54-58(49)48(47)36-18-8-4-9-19-36/h3-33H,1-2H3. The predicted molar refractivity (Wildman–Crippen MR) is 236 cm³/mol. The van der Waals surface area contributed by atoms with Crippen LogP contribution < -0.4 is 0 Å². The van der Waals surface area contributed by atoms with Gasteiger partial charge in [-0.15, -0.1) is 0 Å². The Bertz CT molecular complexity index is 3170. The average molecular weight is 744 g/mol. The fourth-order valence-corrected chi connectivity index (χ4v) is 8.88. The van der Waals surface area contributed by atoms with Gasteiger partial charge < -0.3 is 0 Å². The van der Waals surface area contributed by atoms with E-state index >= 15 is 0 Å². The Kier molecular flexibility index (Phi) is 7.76. The van der Waals surface area contributed by atoms with Crippen LogP contribution in [0.15, 0.2) is 188 Å². The molecule has 0 N–H and O–H groups in total. The van der Waals surface area contributed by atoms with Crippen molar-refractivity contribution in [2.45, 2.75) is 19.3 Å². The van der Waals surface area contributed by atoms with Crippen molar-refractivity contribution in [2.75, 3.05) is 0 Å². The molecule has 7 aromatic carbocycles. The van der Waals surface area contributed by atoms with Gasteiger partial charge in [-0.25, -0.2) is 19.5 Å². The molecule has 3 aromatic heterocycles. The number of rotatable bonds is 6. The van der Waals surface area contributed by atoms with Crippen LogP contribution in [0.4, 0.5) is 0 Å². The van der Waals surface area contributed by atoms with Gasteiger partial charge in [0.05, 0.1) is 17.4 Å². The molecule has 274 valence electrons. The van der Waals surface area contributed by atoms with E-state index in [1.54, 1.807) is 0 Å². The highest BCUT2D eigenvalue weighted by Crippen LogP contribution is 2.49. The summed E-state index contributed by atoms with van der Waals surface area (Å²) < 4.78 is 2.13. The molecule has 10 aromatic rings. The fourth-order valence-electron chi connectivity index (χ4n) is 8.88. The van der Waals surface area contributed by atoms with Gasteiger partial charge in [0.1, 0.15) is 0 Å². The smallest absolute Gasteiger partial charge is 0.164 e. The van der Waals surface area contributed by atoms with Crippen LogP contribution in [-0.4, -0.2) is 24.6 Å².